The molecule has 106 valence electrons. The Labute approximate surface area is 100 Å². The fraction of sp³-hybridized carbons (Fsp3) is 0.900. The second-order valence-electron chi connectivity index (χ2n) is 4.45. The van der Waals surface area contributed by atoms with Gasteiger partial charge in [-0.2, -0.15) is 22.0 Å². The monoisotopic (exact) mass is 276 g/mol. The minimum atomic E-state index is -5.27. The molecule has 2 atom stereocenters. The summed E-state index contributed by atoms with van der Waals surface area (Å²) in [6, 6.07) is 0. The number of hydrogen-bond acceptors (Lipinski definition) is 3. The second-order valence-corrected chi connectivity index (χ2v) is 4.45. The zero-order valence-corrected chi connectivity index (χ0v) is 10.0. The summed E-state index contributed by atoms with van der Waals surface area (Å²) >= 11 is 0. The van der Waals surface area contributed by atoms with Crippen LogP contribution in [0.4, 0.5) is 22.0 Å². The molecule has 0 aromatic heterocycles. The van der Waals surface area contributed by atoms with Crippen molar-refractivity contribution in [3.8, 4) is 0 Å². The summed E-state index contributed by atoms with van der Waals surface area (Å²) in [5, 5.41) is 0. The first-order valence-electron chi connectivity index (χ1n) is 5.21. The fourth-order valence-corrected chi connectivity index (χ4v) is 1.64. The van der Waals surface area contributed by atoms with Gasteiger partial charge in [0.15, 0.2) is 5.60 Å². The third-order valence-electron chi connectivity index (χ3n) is 3.07. The van der Waals surface area contributed by atoms with Crippen LogP contribution in [0.15, 0.2) is 0 Å². The van der Waals surface area contributed by atoms with Crippen molar-refractivity contribution in [2.75, 3.05) is 6.61 Å². The number of hydrogen-bond donors (Lipinski definition) is 0. The van der Waals surface area contributed by atoms with E-state index in [2.05, 4.69) is 9.47 Å². The van der Waals surface area contributed by atoms with Crippen LogP contribution in [0.25, 0.3) is 0 Å². The van der Waals surface area contributed by atoms with E-state index < -0.39 is 35.9 Å². The van der Waals surface area contributed by atoms with Crippen molar-refractivity contribution in [3.63, 3.8) is 0 Å². The quantitative estimate of drug-likeness (QED) is 0.574. The first-order valence-corrected chi connectivity index (χ1v) is 5.21. The lowest BCUT2D eigenvalue weighted by molar-refractivity contribution is -0.320. The minimum absolute atomic E-state index is 0.214. The van der Waals surface area contributed by atoms with Gasteiger partial charge in [0.2, 0.25) is 5.60 Å². The zero-order valence-electron chi connectivity index (χ0n) is 10.0. The summed E-state index contributed by atoms with van der Waals surface area (Å²) in [6.07, 6.45) is -5.48. The Morgan fingerprint density at radius 3 is 2.17 bits per heavy atom. The predicted octanol–water partition coefficient (Wildman–Crippen LogP) is 2.68. The molecule has 2 unspecified atom stereocenters. The summed E-state index contributed by atoms with van der Waals surface area (Å²) < 4.78 is 74.5. The standard InChI is InChI=1S/C10H13F5O3/c1-4-6(16)18-7(2)5-17-8(3,9(7,11)12)10(13,14)15/h4-5H2,1-3H3. The maximum absolute atomic E-state index is 13.9. The molecule has 0 aromatic rings. The zero-order chi connectivity index (χ0) is 14.4. The number of alkyl halides is 5. The van der Waals surface area contributed by atoms with Crippen LogP contribution in [-0.2, 0) is 14.3 Å². The second kappa shape index (κ2) is 4.04. The Morgan fingerprint density at radius 1 is 1.33 bits per heavy atom. The highest BCUT2D eigenvalue weighted by molar-refractivity contribution is 5.69. The van der Waals surface area contributed by atoms with Gasteiger partial charge in [-0.25, -0.2) is 0 Å². The highest BCUT2D eigenvalue weighted by Gasteiger charge is 2.80. The third-order valence-corrected chi connectivity index (χ3v) is 3.07. The highest BCUT2D eigenvalue weighted by atomic mass is 19.4. The molecule has 18 heavy (non-hydrogen) atoms. The molecule has 3 nitrogen and oxygen atoms in total. The van der Waals surface area contributed by atoms with Crippen molar-refractivity contribution in [2.24, 2.45) is 0 Å². The molecule has 8 heteroatoms. The van der Waals surface area contributed by atoms with Gasteiger partial charge in [-0.15, -0.1) is 0 Å². The van der Waals surface area contributed by atoms with E-state index in [1.807, 2.05) is 0 Å². The summed E-state index contributed by atoms with van der Waals surface area (Å²) in [6.45, 7) is 1.32. The molecule has 1 fully saturated rings. The predicted molar refractivity (Wildman–Crippen MR) is 50.1 cm³/mol. The van der Waals surface area contributed by atoms with Crippen LogP contribution >= 0.6 is 0 Å². The number of carbonyl (C=O) groups is 1. The van der Waals surface area contributed by atoms with Gasteiger partial charge < -0.3 is 9.47 Å². The van der Waals surface area contributed by atoms with Crippen molar-refractivity contribution >= 4 is 5.97 Å². The lowest BCUT2D eigenvalue weighted by Crippen LogP contribution is -2.61. The molecule has 0 aliphatic carbocycles. The minimum Gasteiger partial charge on any atom is -0.450 e. The average Bonchev–Trinajstić information content (AvgIpc) is 2.39. The average molecular weight is 276 g/mol. The van der Waals surface area contributed by atoms with Crippen LogP contribution in [0.5, 0.6) is 0 Å². The van der Waals surface area contributed by atoms with Crippen LogP contribution < -0.4 is 0 Å². The smallest absolute Gasteiger partial charge is 0.423 e. The molecule has 0 bridgehead atoms. The molecule has 0 saturated carbocycles. The SMILES string of the molecule is CCC(=O)OC1(C)COC(C)(C(F)(F)F)C1(F)F. The van der Waals surface area contributed by atoms with E-state index in [0.717, 1.165) is 6.92 Å². The summed E-state index contributed by atoms with van der Waals surface area (Å²) in [4.78, 5) is 11.0. The van der Waals surface area contributed by atoms with Crippen LogP contribution in [0, 0.1) is 0 Å². The molecule has 1 rings (SSSR count). The van der Waals surface area contributed by atoms with Crippen LogP contribution in [0.2, 0.25) is 0 Å². The topological polar surface area (TPSA) is 35.5 Å². The summed E-state index contributed by atoms with van der Waals surface area (Å²) in [7, 11) is 0. The van der Waals surface area contributed by atoms with Crippen molar-refractivity contribution in [2.45, 2.75) is 50.5 Å². The lowest BCUT2D eigenvalue weighted by atomic mass is 9.87. The molecular weight excluding hydrogens is 263 g/mol. The Kier molecular flexibility index (Phi) is 3.40. The van der Waals surface area contributed by atoms with Crippen LogP contribution in [0.3, 0.4) is 0 Å². The van der Waals surface area contributed by atoms with E-state index in [4.69, 9.17) is 0 Å². The van der Waals surface area contributed by atoms with Gasteiger partial charge in [0.05, 0.1) is 6.61 Å². The summed E-state index contributed by atoms with van der Waals surface area (Å²) in [5.41, 5.74) is -6.28. The van der Waals surface area contributed by atoms with Gasteiger partial charge in [-0.1, -0.05) is 6.92 Å². The molecular formula is C10H13F5O3. The van der Waals surface area contributed by atoms with E-state index in [1.54, 1.807) is 0 Å². The van der Waals surface area contributed by atoms with Gasteiger partial charge in [-0.3, -0.25) is 4.79 Å². The Bertz CT molecular complexity index is 354. The van der Waals surface area contributed by atoms with Gasteiger partial charge in [-0.05, 0) is 13.8 Å². The molecule has 0 aromatic carbocycles. The summed E-state index contributed by atoms with van der Waals surface area (Å²) in [5.74, 6) is -5.38. The fourth-order valence-electron chi connectivity index (χ4n) is 1.64. The van der Waals surface area contributed by atoms with E-state index in [0.29, 0.717) is 0 Å². The number of esters is 1. The lowest BCUT2D eigenvalue weighted by Gasteiger charge is -2.36. The van der Waals surface area contributed by atoms with Gasteiger partial charge >= 0.3 is 18.1 Å². The number of rotatable bonds is 2. The van der Waals surface area contributed by atoms with E-state index in [9.17, 15) is 26.7 Å². The molecule has 0 N–H and O–H groups in total. The molecule has 1 aliphatic heterocycles. The highest BCUT2D eigenvalue weighted by Crippen LogP contribution is 2.55. The molecule has 1 heterocycles. The Balaban J connectivity index is 3.12. The van der Waals surface area contributed by atoms with E-state index in [1.165, 1.54) is 6.92 Å². The maximum atomic E-state index is 13.9. The van der Waals surface area contributed by atoms with Crippen LogP contribution in [0.1, 0.15) is 27.2 Å². The first kappa shape index (κ1) is 15.1. The van der Waals surface area contributed by atoms with Crippen molar-refractivity contribution in [1.82, 2.24) is 0 Å². The normalized spacial score (nSPS) is 35.6. The van der Waals surface area contributed by atoms with Crippen molar-refractivity contribution < 1.29 is 36.2 Å². The number of carbonyl (C=O) groups excluding carboxylic acids is 1. The number of ether oxygens (including phenoxy) is 2. The maximum Gasteiger partial charge on any atom is 0.423 e. The van der Waals surface area contributed by atoms with Crippen molar-refractivity contribution in [1.29, 1.82) is 0 Å². The first-order chi connectivity index (χ1) is 7.91. The number of halogens is 5. The Morgan fingerprint density at radius 2 is 1.83 bits per heavy atom. The van der Waals surface area contributed by atoms with Gasteiger partial charge in [0, 0.05) is 6.42 Å². The largest absolute Gasteiger partial charge is 0.450 e. The molecule has 1 aliphatic rings. The molecule has 0 amide bonds. The van der Waals surface area contributed by atoms with E-state index >= 15 is 0 Å². The van der Waals surface area contributed by atoms with Gasteiger partial charge in [0.25, 0.3) is 0 Å². The molecule has 1 saturated heterocycles. The van der Waals surface area contributed by atoms with Gasteiger partial charge in [0.1, 0.15) is 0 Å². The Hall–Kier alpha value is -0.920. The molecule has 0 radical (unpaired) electrons. The van der Waals surface area contributed by atoms with Crippen LogP contribution in [-0.4, -0.2) is 35.9 Å². The van der Waals surface area contributed by atoms with E-state index in [-0.39, 0.29) is 13.3 Å². The third kappa shape index (κ3) is 1.86. The molecule has 0 spiro atoms. The van der Waals surface area contributed by atoms with Crippen molar-refractivity contribution in [3.05, 3.63) is 0 Å².